The van der Waals surface area contributed by atoms with Gasteiger partial charge in [-0.25, -0.2) is 9.97 Å². The van der Waals surface area contributed by atoms with E-state index in [9.17, 15) is 0 Å². The molecule has 2 fully saturated rings. The fourth-order valence-electron chi connectivity index (χ4n) is 3.47. The van der Waals surface area contributed by atoms with Crippen LogP contribution in [0.4, 0.5) is 11.6 Å². The summed E-state index contributed by atoms with van der Waals surface area (Å²) in [6, 6.07) is 4.71. The highest BCUT2D eigenvalue weighted by molar-refractivity contribution is 5.93. The minimum absolute atomic E-state index is 0.486. The van der Waals surface area contributed by atoms with Crippen LogP contribution in [0.2, 0.25) is 0 Å². The number of nitrogens with one attached hydrogen (secondary N) is 2. The Bertz CT molecular complexity index is 645. The number of nitrogens with zero attached hydrogens (tertiary/aromatic N) is 3. The molecule has 0 amide bonds. The molecule has 0 aliphatic carbocycles. The second-order valence-corrected chi connectivity index (χ2v) is 6.31. The monoisotopic (exact) mass is 297 g/mol. The fraction of sp³-hybridized carbons (Fsp3) is 0.529. The summed E-state index contributed by atoms with van der Waals surface area (Å²) in [5.41, 5.74) is 0. The number of fused-ring (bicyclic) bond motifs is 1. The molecule has 2 aromatic rings. The number of rotatable bonds is 3. The molecule has 0 aromatic carbocycles. The molecular weight excluding hydrogens is 274 g/mol. The molecule has 116 valence electrons. The third-order valence-corrected chi connectivity index (χ3v) is 4.69. The van der Waals surface area contributed by atoms with E-state index in [1.807, 2.05) is 12.4 Å². The highest BCUT2D eigenvalue weighted by Gasteiger charge is 2.17. The highest BCUT2D eigenvalue weighted by Crippen LogP contribution is 2.28. The van der Waals surface area contributed by atoms with Crippen LogP contribution < -0.4 is 15.5 Å². The molecule has 2 aliphatic heterocycles. The van der Waals surface area contributed by atoms with Gasteiger partial charge in [0, 0.05) is 48.8 Å². The minimum atomic E-state index is 0.486. The van der Waals surface area contributed by atoms with Gasteiger partial charge in [0.15, 0.2) is 0 Å². The van der Waals surface area contributed by atoms with Crippen molar-refractivity contribution in [2.45, 2.75) is 31.7 Å². The molecule has 1 unspecified atom stereocenters. The predicted molar refractivity (Wildman–Crippen MR) is 90.5 cm³/mol. The van der Waals surface area contributed by atoms with Gasteiger partial charge in [-0.2, -0.15) is 0 Å². The molecule has 22 heavy (non-hydrogen) atoms. The number of hydrogen-bond acceptors (Lipinski definition) is 5. The van der Waals surface area contributed by atoms with Gasteiger partial charge in [-0.15, -0.1) is 0 Å². The number of piperidine rings is 1. The smallest absolute Gasteiger partial charge is 0.136 e. The molecule has 4 heterocycles. The van der Waals surface area contributed by atoms with Crippen molar-refractivity contribution in [3.63, 3.8) is 0 Å². The topological polar surface area (TPSA) is 53.1 Å². The lowest BCUT2D eigenvalue weighted by atomic mass is 10.1. The van der Waals surface area contributed by atoms with Crippen LogP contribution in [0.3, 0.4) is 0 Å². The fourth-order valence-corrected chi connectivity index (χ4v) is 3.47. The highest BCUT2D eigenvalue weighted by atomic mass is 15.2. The zero-order chi connectivity index (χ0) is 14.8. The third kappa shape index (κ3) is 2.73. The largest absolute Gasteiger partial charge is 0.366 e. The van der Waals surface area contributed by atoms with E-state index in [0.29, 0.717) is 6.04 Å². The van der Waals surface area contributed by atoms with Crippen LogP contribution in [0.1, 0.15) is 25.7 Å². The van der Waals surface area contributed by atoms with Gasteiger partial charge in [0.2, 0.25) is 0 Å². The van der Waals surface area contributed by atoms with E-state index in [1.165, 1.54) is 30.0 Å². The minimum Gasteiger partial charge on any atom is -0.366 e. The Kier molecular flexibility index (Phi) is 3.81. The van der Waals surface area contributed by atoms with Gasteiger partial charge >= 0.3 is 0 Å². The Labute approximate surface area is 131 Å². The Morgan fingerprint density at radius 3 is 2.91 bits per heavy atom. The van der Waals surface area contributed by atoms with Gasteiger partial charge in [-0.05, 0) is 44.4 Å². The molecule has 2 N–H and O–H groups in total. The Hall–Kier alpha value is -1.88. The van der Waals surface area contributed by atoms with Crippen LogP contribution in [0.15, 0.2) is 24.5 Å². The number of aromatic nitrogens is 2. The van der Waals surface area contributed by atoms with Crippen molar-refractivity contribution < 1.29 is 0 Å². The maximum absolute atomic E-state index is 4.66. The molecule has 1 atom stereocenters. The molecule has 0 bridgehead atoms. The number of pyridine rings is 2. The molecule has 0 spiro atoms. The third-order valence-electron chi connectivity index (χ3n) is 4.69. The number of anilines is 2. The maximum Gasteiger partial charge on any atom is 0.136 e. The van der Waals surface area contributed by atoms with E-state index >= 15 is 0 Å². The molecule has 2 aliphatic rings. The standard InChI is InChI=1S/C17H23N5/c1-2-8-22(9-3-1)17-15-10-16(21-14-5-6-18-12-14)20-11-13(15)4-7-19-17/h4,7,10-11,14,18H,1-3,5-6,8-9,12H2,(H,20,21). The average Bonchev–Trinajstić information content (AvgIpc) is 3.08. The van der Waals surface area contributed by atoms with Crippen molar-refractivity contribution >= 4 is 22.4 Å². The Balaban J connectivity index is 1.66. The summed E-state index contributed by atoms with van der Waals surface area (Å²) in [5.74, 6) is 2.08. The van der Waals surface area contributed by atoms with Crippen molar-refractivity contribution in [1.29, 1.82) is 0 Å². The second kappa shape index (κ2) is 6.08. The van der Waals surface area contributed by atoms with Crippen molar-refractivity contribution in [3.8, 4) is 0 Å². The summed E-state index contributed by atoms with van der Waals surface area (Å²) in [5, 5.41) is 9.31. The Morgan fingerprint density at radius 2 is 2.09 bits per heavy atom. The van der Waals surface area contributed by atoms with Crippen LogP contribution in [0, 0.1) is 0 Å². The summed E-state index contributed by atoms with van der Waals surface area (Å²) in [7, 11) is 0. The lowest BCUT2D eigenvalue weighted by molar-refractivity contribution is 0.575. The van der Waals surface area contributed by atoms with Crippen molar-refractivity contribution in [3.05, 3.63) is 24.5 Å². The first-order valence-electron chi connectivity index (χ1n) is 8.37. The summed E-state index contributed by atoms with van der Waals surface area (Å²) >= 11 is 0. The SMILES string of the molecule is c1cc2cnc(NC3CCNC3)cc2c(N2CCCCC2)n1. The maximum atomic E-state index is 4.66. The Morgan fingerprint density at radius 1 is 1.18 bits per heavy atom. The van der Waals surface area contributed by atoms with E-state index in [0.717, 1.165) is 44.2 Å². The lowest BCUT2D eigenvalue weighted by Crippen LogP contribution is -2.30. The van der Waals surface area contributed by atoms with Crippen LogP contribution >= 0.6 is 0 Å². The zero-order valence-electron chi connectivity index (χ0n) is 12.9. The molecule has 5 nitrogen and oxygen atoms in total. The summed E-state index contributed by atoms with van der Waals surface area (Å²) in [4.78, 5) is 11.7. The van der Waals surface area contributed by atoms with Crippen LogP contribution in [-0.2, 0) is 0 Å². The molecule has 5 heteroatoms. The van der Waals surface area contributed by atoms with E-state index in [4.69, 9.17) is 0 Å². The summed E-state index contributed by atoms with van der Waals surface area (Å²) in [6.45, 7) is 4.34. The summed E-state index contributed by atoms with van der Waals surface area (Å²) < 4.78 is 0. The van der Waals surface area contributed by atoms with Gasteiger partial charge in [-0.3, -0.25) is 0 Å². The normalized spacial score (nSPS) is 22.2. The van der Waals surface area contributed by atoms with E-state index in [1.54, 1.807) is 0 Å². The molecule has 0 saturated carbocycles. The van der Waals surface area contributed by atoms with E-state index in [-0.39, 0.29) is 0 Å². The van der Waals surface area contributed by atoms with Crippen molar-refractivity contribution in [1.82, 2.24) is 15.3 Å². The molecule has 2 saturated heterocycles. The summed E-state index contributed by atoms with van der Waals surface area (Å²) in [6.07, 6.45) is 8.90. The molecule has 4 rings (SSSR count). The van der Waals surface area contributed by atoms with Gasteiger partial charge < -0.3 is 15.5 Å². The number of hydrogen-bond donors (Lipinski definition) is 2. The lowest BCUT2D eigenvalue weighted by Gasteiger charge is -2.28. The van der Waals surface area contributed by atoms with E-state index < -0.39 is 0 Å². The van der Waals surface area contributed by atoms with Crippen LogP contribution in [0.25, 0.3) is 10.8 Å². The quantitative estimate of drug-likeness (QED) is 0.911. The zero-order valence-corrected chi connectivity index (χ0v) is 12.9. The first-order valence-corrected chi connectivity index (χ1v) is 8.37. The van der Waals surface area contributed by atoms with Crippen molar-refractivity contribution in [2.75, 3.05) is 36.4 Å². The van der Waals surface area contributed by atoms with Gasteiger partial charge in [0.25, 0.3) is 0 Å². The molecule has 2 aromatic heterocycles. The van der Waals surface area contributed by atoms with Gasteiger partial charge in [0.05, 0.1) is 0 Å². The van der Waals surface area contributed by atoms with Crippen LogP contribution in [-0.4, -0.2) is 42.2 Å². The second-order valence-electron chi connectivity index (χ2n) is 6.31. The van der Waals surface area contributed by atoms with Gasteiger partial charge in [-0.1, -0.05) is 0 Å². The first kappa shape index (κ1) is 13.8. The van der Waals surface area contributed by atoms with Crippen molar-refractivity contribution in [2.24, 2.45) is 0 Å². The average molecular weight is 297 g/mol. The first-order chi connectivity index (χ1) is 10.9. The van der Waals surface area contributed by atoms with Gasteiger partial charge in [0.1, 0.15) is 11.6 Å². The van der Waals surface area contributed by atoms with Crippen LogP contribution in [0.5, 0.6) is 0 Å². The molecule has 0 radical (unpaired) electrons. The molecular formula is C17H23N5. The predicted octanol–water partition coefficient (Wildman–Crippen LogP) is 2.39. The van der Waals surface area contributed by atoms with E-state index in [2.05, 4.69) is 37.6 Å².